The largest absolute Gasteiger partial charge is 0.453 e. The van der Waals surface area contributed by atoms with Crippen LogP contribution in [0.2, 0.25) is 0 Å². The number of nitrogens with zero attached hydrogens (tertiary/aromatic N) is 3. The first-order valence-electron chi connectivity index (χ1n) is 12.2. The summed E-state index contributed by atoms with van der Waals surface area (Å²) in [5, 5.41) is 0.848. The third kappa shape index (κ3) is 4.53. The molecule has 3 aromatic rings. The summed E-state index contributed by atoms with van der Waals surface area (Å²) in [4.78, 5) is 24.9. The van der Waals surface area contributed by atoms with E-state index in [1.807, 2.05) is 31.1 Å². The molecule has 6 nitrogen and oxygen atoms in total. The van der Waals surface area contributed by atoms with Crippen molar-refractivity contribution < 1.29 is 13.9 Å². The molecule has 2 fully saturated rings. The zero-order valence-electron chi connectivity index (χ0n) is 20.2. The van der Waals surface area contributed by atoms with E-state index in [1.54, 1.807) is 18.3 Å². The number of aryl methyl sites for hydroxylation is 1. The topological polar surface area (TPSA) is 61.5 Å². The second-order valence-electron chi connectivity index (χ2n) is 10.3. The number of aromatic nitrogens is 2. The quantitative estimate of drug-likeness (QED) is 0.539. The smallest absolute Gasteiger partial charge is 0.228 e. The van der Waals surface area contributed by atoms with Gasteiger partial charge >= 0.3 is 0 Å². The Balaban J connectivity index is 1.25. The van der Waals surface area contributed by atoms with E-state index in [2.05, 4.69) is 21.9 Å². The number of rotatable bonds is 7. The molecule has 1 saturated carbocycles. The maximum Gasteiger partial charge on any atom is 0.228 e. The number of nitrogens with one attached hydrogen (secondary N) is 1. The average molecular weight is 465 g/mol. The average Bonchev–Trinajstić information content (AvgIpc) is 3.50. The third-order valence-electron chi connectivity index (χ3n) is 7.52. The number of halogens is 1. The number of pyridine rings is 1. The summed E-state index contributed by atoms with van der Waals surface area (Å²) in [7, 11) is 4.08. The summed E-state index contributed by atoms with van der Waals surface area (Å²) < 4.78 is 20.9. The van der Waals surface area contributed by atoms with Gasteiger partial charge in [-0.15, -0.1) is 0 Å². The Labute approximate surface area is 200 Å². The van der Waals surface area contributed by atoms with Gasteiger partial charge < -0.3 is 19.5 Å². The molecule has 1 amide bonds. The van der Waals surface area contributed by atoms with Gasteiger partial charge in [-0.05, 0) is 94.4 Å². The van der Waals surface area contributed by atoms with Crippen molar-refractivity contribution in [2.24, 2.45) is 11.3 Å². The van der Waals surface area contributed by atoms with E-state index in [9.17, 15) is 4.79 Å². The predicted octanol–water partition coefficient (Wildman–Crippen LogP) is 4.93. The highest BCUT2D eigenvalue weighted by Crippen LogP contribution is 2.50. The van der Waals surface area contributed by atoms with E-state index in [1.165, 1.54) is 6.07 Å². The van der Waals surface area contributed by atoms with Crippen molar-refractivity contribution in [3.05, 3.63) is 53.6 Å². The molecule has 7 heteroatoms. The predicted molar refractivity (Wildman–Crippen MR) is 131 cm³/mol. The molecule has 1 aliphatic carbocycles. The number of benzene rings is 1. The summed E-state index contributed by atoms with van der Waals surface area (Å²) in [5.41, 5.74) is 2.16. The lowest BCUT2D eigenvalue weighted by Crippen LogP contribution is -2.41. The molecule has 1 saturated heterocycles. The lowest BCUT2D eigenvalue weighted by molar-refractivity contribution is -0.136. The number of ether oxygens (including phenoxy) is 1. The van der Waals surface area contributed by atoms with Crippen LogP contribution in [0.1, 0.15) is 36.8 Å². The number of aromatic amines is 1. The lowest BCUT2D eigenvalue weighted by Gasteiger charge is -2.33. The molecule has 5 rings (SSSR count). The molecule has 0 atom stereocenters. The van der Waals surface area contributed by atoms with Gasteiger partial charge in [-0.3, -0.25) is 4.79 Å². The number of hydrogen-bond donors (Lipinski definition) is 1. The summed E-state index contributed by atoms with van der Waals surface area (Å²) in [6.07, 6.45) is 8.08. The number of fused-ring (bicyclic) bond motifs is 1. The summed E-state index contributed by atoms with van der Waals surface area (Å²) in [5.74, 6) is 1.10. The van der Waals surface area contributed by atoms with Crippen LogP contribution >= 0.6 is 0 Å². The van der Waals surface area contributed by atoms with Crippen molar-refractivity contribution >= 4 is 16.9 Å². The molecule has 0 radical (unpaired) electrons. The Bertz CT molecular complexity index is 1190. The minimum absolute atomic E-state index is 0.174. The van der Waals surface area contributed by atoms with E-state index in [-0.39, 0.29) is 17.1 Å². The van der Waals surface area contributed by atoms with Crippen molar-refractivity contribution in [3.8, 4) is 11.5 Å². The Morgan fingerprint density at radius 3 is 2.74 bits per heavy atom. The first kappa shape index (κ1) is 22.8. The van der Waals surface area contributed by atoms with Crippen LogP contribution in [-0.4, -0.2) is 59.4 Å². The van der Waals surface area contributed by atoms with Crippen molar-refractivity contribution in [2.45, 2.75) is 39.0 Å². The van der Waals surface area contributed by atoms with Gasteiger partial charge in [0.05, 0.1) is 10.8 Å². The first-order valence-corrected chi connectivity index (χ1v) is 12.2. The second kappa shape index (κ2) is 9.02. The van der Waals surface area contributed by atoms with E-state index in [0.29, 0.717) is 23.7 Å². The fourth-order valence-corrected chi connectivity index (χ4v) is 5.25. The minimum Gasteiger partial charge on any atom is -0.453 e. The lowest BCUT2D eigenvalue weighted by atomic mass is 9.93. The van der Waals surface area contributed by atoms with Gasteiger partial charge in [-0.25, -0.2) is 9.37 Å². The van der Waals surface area contributed by atoms with Gasteiger partial charge in [0.1, 0.15) is 11.4 Å². The molecule has 1 aromatic carbocycles. The number of carbonyl (C=O) groups is 1. The number of amides is 1. The van der Waals surface area contributed by atoms with Crippen LogP contribution < -0.4 is 4.74 Å². The zero-order valence-corrected chi connectivity index (χ0v) is 20.2. The molecule has 34 heavy (non-hydrogen) atoms. The number of likely N-dealkylation sites (tertiary alicyclic amines) is 1. The van der Waals surface area contributed by atoms with Crippen molar-refractivity contribution in [1.29, 1.82) is 0 Å². The monoisotopic (exact) mass is 464 g/mol. The number of H-pyrrole nitrogens is 1. The van der Waals surface area contributed by atoms with Gasteiger partial charge in [0.15, 0.2) is 11.6 Å². The van der Waals surface area contributed by atoms with Gasteiger partial charge in [-0.2, -0.15) is 0 Å². The molecule has 1 aliphatic heterocycles. The Kier molecular flexibility index (Phi) is 6.06. The molecule has 3 heterocycles. The number of piperidine rings is 1. The zero-order chi connectivity index (χ0) is 23.9. The van der Waals surface area contributed by atoms with Crippen LogP contribution in [0.15, 0.2) is 36.7 Å². The maximum atomic E-state index is 15.0. The van der Waals surface area contributed by atoms with Crippen LogP contribution in [-0.2, 0) is 11.2 Å². The molecular formula is C27H33FN4O2. The van der Waals surface area contributed by atoms with Gasteiger partial charge in [0.2, 0.25) is 5.91 Å². The highest BCUT2D eigenvalue weighted by molar-refractivity contribution is 5.86. The van der Waals surface area contributed by atoms with Crippen LogP contribution in [0, 0.1) is 24.1 Å². The van der Waals surface area contributed by atoms with Crippen LogP contribution in [0.25, 0.3) is 11.0 Å². The summed E-state index contributed by atoms with van der Waals surface area (Å²) in [6, 6.07) is 6.81. The summed E-state index contributed by atoms with van der Waals surface area (Å²) >= 11 is 0. The molecular weight excluding hydrogens is 431 g/mol. The SMILES string of the molecule is Cc1c[nH]c2nccc(Oc3ccc(CC4(C(=O)N(C)CC5CCN(C)CC5)CC4)cc3F)c12. The molecule has 1 N–H and O–H groups in total. The number of carbonyl (C=O) groups excluding carboxylic acids is 1. The summed E-state index contributed by atoms with van der Waals surface area (Å²) in [6.45, 7) is 4.97. The molecule has 0 spiro atoms. The minimum atomic E-state index is -0.418. The maximum absolute atomic E-state index is 15.0. The molecule has 0 bridgehead atoms. The van der Waals surface area contributed by atoms with Crippen LogP contribution in [0.4, 0.5) is 4.39 Å². The highest BCUT2D eigenvalue weighted by atomic mass is 19.1. The fourth-order valence-electron chi connectivity index (χ4n) is 5.25. The molecule has 0 unspecified atom stereocenters. The molecule has 2 aliphatic rings. The van der Waals surface area contributed by atoms with Gasteiger partial charge in [0, 0.05) is 26.0 Å². The van der Waals surface area contributed by atoms with E-state index in [0.717, 1.165) is 61.8 Å². The van der Waals surface area contributed by atoms with E-state index < -0.39 is 5.82 Å². The normalized spacial score (nSPS) is 18.2. The third-order valence-corrected chi connectivity index (χ3v) is 7.52. The first-order chi connectivity index (χ1) is 16.3. The van der Waals surface area contributed by atoms with E-state index >= 15 is 4.39 Å². The molecule has 180 valence electrons. The van der Waals surface area contributed by atoms with Crippen molar-refractivity contribution in [3.63, 3.8) is 0 Å². The van der Waals surface area contributed by atoms with Crippen LogP contribution in [0.3, 0.4) is 0 Å². The van der Waals surface area contributed by atoms with Crippen molar-refractivity contribution in [1.82, 2.24) is 19.8 Å². The Hall–Kier alpha value is -2.93. The van der Waals surface area contributed by atoms with Gasteiger partial charge in [0.25, 0.3) is 0 Å². The standard InChI is InChI=1S/C27H33FN4O2/c1-18-16-30-25-24(18)23(6-11-29-25)34-22-5-4-20(14-21(22)28)15-27(9-10-27)26(33)32(3)17-19-7-12-31(2)13-8-19/h4-6,11,14,16,19H,7-10,12-13,15,17H2,1-3H3,(H,29,30). The van der Waals surface area contributed by atoms with Crippen molar-refractivity contribution in [2.75, 3.05) is 33.7 Å². The Morgan fingerprint density at radius 2 is 2.03 bits per heavy atom. The fraction of sp³-hybridized carbons (Fsp3) is 0.481. The molecule has 2 aromatic heterocycles. The van der Waals surface area contributed by atoms with Crippen LogP contribution in [0.5, 0.6) is 11.5 Å². The van der Waals surface area contributed by atoms with Gasteiger partial charge in [-0.1, -0.05) is 6.07 Å². The Morgan fingerprint density at radius 1 is 1.26 bits per heavy atom. The second-order valence-corrected chi connectivity index (χ2v) is 10.3. The van der Waals surface area contributed by atoms with E-state index in [4.69, 9.17) is 4.74 Å². The highest BCUT2D eigenvalue weighted by Gasteiger charge is 2.51. The number of hydrogen-bond acceptors (Lipinski definition) is 4.